The largest absolute Gasteiger partial charge is 0.481 e. The average Bonchev–Trinajstić information content (AvgIpc) is 2.16. The van der Waals surface area contributed by atoms with Crippen molar-refractivity contribution >= 4 is 5.97 Å². The lowest BCUT2D eigenvalue weighted by Gasteiger charge is -2.10. The summed E-state index contributed by atoms with van der Waals surface area (Å²) in [6.45, 7) is -3.24. The summed E-state index contributed by atoms with van der Waals surface area (Å²) in [7, 11) is 0. The molecule has 1 aromatic rings. The zero-order valence-electron chi connectivity index (χ0n) is 7.71. The van der Waals surface area contributed by atoms with Crippen molar-refractivity contribution in [1.29, 1.82) is 0 Å². The Labute approximate surface area is 87.3 Å². The molecule has 3 nitrogen and oxygen atoms in total. The first-order chi connectivity index (χ1) is 7.41. The summed E-state index contributed by atoms with van der Waals surface area (Å²) in [5.41, 5.74) is -0.743. The third-order valence-corrected chi connectivity index (χ3v) is 1.70. The Hall–Kier alpha value is -1.79. The predicted octanol–water partition coefficient (Wildman–Crippen LogP) is 2.19. The summed E-state index contributed by atoms with van der Waals surface area (Å²) < 4.78 is 53.5. The highest BCUT2D eigenvalue weighted by Gasteiger charge is 2.19. The molecule has 0 aliphatic rings. The number of ether oxygens (including phenoxy) is 1. The normalized spacial score (nSPS) is 10.6. The summed E-state index contributed by atoms with van der Waals surface area (Å²) in [6.07, 6.45) is -0.939. The average molecular weight is 238 g/mol. The SMILES string of the molecule is O=C(O)Cc1c(OC(F)F)ccc(F)c1F. The molecule has 0 heterocycles. The topological polar surface area (TPSA) is 46.5 Å². The Morgan fingerprint density at radius 2 is 2.00 bits per heavy atom. The molecular weight excluding hydrogens is 232 g/mol. The summed E-state index contributed by atoms with van der Waals surface area (Å²) >= 11 is 0. The van der Waals surface area contributed by atoms with Gasteiger partial charge >= 0.3 is 12.6 Å². The Kier molecular flexibility index (Phi) is 3.70. The molecule has 0 unspecified atom stereocenters. The number of carboxylic acids is 1. The molecule has 0 saturated carbocycles. The number of rotatable bonds is 4. The fraction of sp³-hybridized carbons (Fsp3) is 0.222. The van der Waals surface area contributed by atoms with Gasteiger partial charge in [0.1, 0.15) is 5.75 Å². The van der Waals surface area contributed by atoms with Crippen molar-refractivity contribution in [1.82, 2.24) is 0 Å². The second-order valence-electron chi connectivity index (χ2n) is 2.79. The van der Waals surface area contributed by atoms with Crippen LogP contribution in [-0.2, 0) is 11.2 Å². The Balaban J connectivity index is 3.15. The Morgan fingerprint density at radius 1 is 1.38 bits per heavy atom. The van der Waals surface area contributed by atoms with Crippen LogP contribution in [0.2, 0.25) is 0 Å². The molecule has 0 atom stereocenters. The molecule has 0 aliphatic heterocycles. The van der Waals surface area contributed by atoms with E-state index in [4.69, 9.17) is 5.11 Å². The maximum Gasteiger partial charge on any atom is 0.387 e. The monoisotopic (exact) mass is 238 g/mol. The van der Waals surface area contributed by atoms with Crippen LogP contribution < -0.4 is 4.74 Å². The lowest BCUT2D eigenvalue weighted by Crippen LogP contribution is -2.10. The fourth-order valence-electron chi connectivity index (χ4n) is 1.10. The van der Waals surface area contributed by atoms with Gasteiger partial charge in [0.2, 0.25) is 0 Å². The highest BCUT2D eigenvalue weighted by Crippen LogP contribution is 2.25. The molecule has 0 aromatic heterocycles. The molecule has 88 valence electrons. The molecule has 0 amide bonds. The first-order valence-corrected chi connectivity index (χ1v) is 4.05. The van der Waals surface area contributed by atoms with E-state index in [1.54, 1.807) is 0 Å². The fourth-order valence-corrected chi connectivity index (χ4v) is 1.10. The van der Waals surface area contributed by atoms with Crippen LogP contribution in [0, 0.1) is 11.6 Å². The van der Waals surface area contributed by atoms with Crippen molar-refractivity contribution in [2.75, 3.05) is 0 Å². The molecule has 7 heteroatoms. The zero-order valence-corrected chi connectivity index (χ0v) is 7.71. The second-order valence-corrected chi connectivity index (χ2v) is 2.79. The van der Waals surface area contributed by atoms with Crippen molar-refractivity contribution in [3.8, 4) is 5.75 Å². The maximum absolute atomic E-state index is 13.1. The minimum atomic E-state index is -3.24. The maximum atomic E-state index is 13.1. The van der Waals surface area contributed by atoms with E-state index in [-0.39, 0.29) is 0 Å². The minimum Gasteiger partial charge on any atom is -0.481 e. The van der Waals surface area contributed by atoms with Gasteiger partial charge in [-0.1, -0.05) is 0 Å². The van der Waals surface area contributed by atoms with E-state index in [1.165, 1.54) is 0 Å². The van der Waals surface area contributed by atoms with Gasteiger partial charge in [-0.25, -0.2) is 8.78 Å². The van der Waals surface area contributed by atoms with Crippen LogP contribution in [0.4, 0.5) is 17.6 Å². The highest BCUT2D eigenvalue weighted by molar-refractivity contribution is 5.71. The zero-order chi connectivity index (χ0) is 12.3. The standard InChI is InChI=1S/C9H6F4O3/c10-5-1-2-6(16-9(12)13)4(8(5)11)3-7(14)15/h1-2,9H,3H2,(H,14,15). The van der Waals surface area contributed by atoms with Crippen molar-refractivity contribution < 1.29 is 32.2 Å². The molecule has 0 spiro atoms. The van der Waals surface area contributed by atoms with Gasteiger partial charge in [0.25, 0.3) is 0 Å². The molecule has 1 aromatic carbocycles. The van der Waals surface area contributed by atoms with Gasteiger partial charge in [-0.3, -0.25) is 4.79 Å². The lowest BCUT2D eigenvalue weighted by atomic mass is 10.1. The number of hydrogen-bond donors (Lipinski definition) is 1. The van der Waals surface area contributed by atoms with Gasteiger partial charge in [-0.05, 0) is 12.1 Å². The van der Waals surface area contributed by atoms with E-state index in [2.05, 4.69) is 4.74 Å². The van der Waals surface area contributed by atoms with Crippen LogP contribution in [-0.4, -0.2) is 17.7 Å². The van der Waals surface area contributed by atoms with Crippen molar-refractivity contribution in [2.24, 2.45) is 0 Å². The highest BCUT2D eigenvalue weighted by atomic mass is 19.3. The van der Waals surface area contributed by atoms with E-state index in [9.17, 15) is 22.4 Å². The number of carbonyl (C=O) groups is 1. The molecule has 0 radical (unpaired) electrons. The van der Waals surface area contributed by atoms with Gasteiger partial charge < -0.3 is 9.84 Å². The summed E-state index contributed by atoms with van der Waals surface area (Å²) in [5, 5.41) is 8.41. The van der Waals surface area contributed by atoms with Gasteiger partial charge in [0.15, 0.2) is 11.6 Å². The molecule has 1 N–H and O–H groups in total. The van der Waals surface area contributed by atoms with Crippen molar-refractivity contribution in [2.45, 2.75) is 13.0 Å². The first kappa shape index (κ1) is 12.3. The van der Waals surface area contributed by atoms with Crippen LogP contribution in [0.1, 0.15) is 5.56 Å². The minimum absolute atomic E-state index is 0.582. The molecule has 0 bridgehead atoms. The molecule has 0 fully saturated rings. The number of hydrogen-bond acceptors (Lipinski definition) is 2. The Bertz CT molecular complexity index is 406. The quantitative estimate of drug-likeness (QED) is 0.818. The first-order valence-electron chi connectivity index (χ1n) is 4.05. The molecule has 16 heavy (non-hydrogen) atoms. The van der Waals surface area contributed by atoms with Gasteiger partial charge in [-0.2, -0.15) is 8.78 Å². The molecular formula is C9H6F4O3. The molecule has 1 rings (SSSR count). The summed E-state index contributed by atoms with van der Waals surface area (Å²) in [4.78, 5) is 10.3. The Morgan fingerprint density at radius 3 is 2.50 bits per heavy atom. The summed E-state index contributed by atoms with van der Waals surface area (Å²) in [6, 6.07) is 1.33. The van der Waals surface area contributed by atoms with Crippen LogP contribution in [0.5, 0.6) is 5.75 Å². The number of aliphatic carboxylic acids is 1. The number of carboxylic acid groups (broad SMARTS) is 1. The third-order valence-electron chi connectivity index (χ3n) is 1.70. The van der Waals surface area contributed by atoms with Crippen molar-refractivity contribution in [3.63, 3.8) is 0 Å². The second kappa shape index (κ2) is 4.82. The lowest BCUT2D eigenvalue weighted by molar-refractivity contribution is -0.136. The van der Waals surface area contributed by atoms with Crippen LogP contribution >= 0.6 is 0 Å². The van der Waals surface area contributed by atoms with E-state index >= 15 is 0 Å². The molecule has 0 aliphatic carbocycles. The smallest absolute Gasteiger partial charge is 0.387 e. The van der Waals surface area contributed by atoms with E-state index in [1.807, 2.05) is 0 Å². The van der Waals surface area contributed by atoms with Gasteiger partial charge in [-0.15, -0.1) is 0 Å². The van der Waals surface area contributed by atoms with Crippen LogP contribution in [0.3, 0.4) is 0 Å². The molecule has 0 saturated heterocycles. The van der Waals surface area contributed by atoms with Gasteiger partial charge in [0, 0.05) is 5.56 Å². The number of halogens is 4. The van der Waals surface area contributed by atoms with Crippen LogP contribution in [0.15, 0.2) is 12.1 Å². The van der Waals surface area contributed by atoms with Crippen molar-refractivity contribution in [3.05, 3.63) is 29.3 Å². The third kappa shape index (κ3) is 2.85. The summed E-state index contributed by atoms with van der Waals surface area (Å²) in [5.74, 6) is -4.99. The number of alkyl halides is 2. The van der Waals surface area contributed by atoms with Crippen LogP contribution in [0.25, 0.3) is 0 Å². The van der Waals surface area contributed by atoms with Gasteiger partial charge in [0.05, 0.1) is 6.42 Å². The van der Waals surface area contributed by atoms with E-state index < -0.39 is 41.9 Å². The van der Waals surface area contributed by atoms with E-state index in [0.717, 1.165) is 6.07 Å². The predicted molar refractivity (Wildman–Crippen MR) is 44.3 cm³/mol. The number of benzene rings is 1. The van der Waals surface area contributed by atoms with E-state index in [0.29, 0.717) is 6.07 Å².